The van der Waals surface area contributed by atoms with Crippen molar-refractivity contribution in [2.75, 3.05) is 10.6 Å². The third-order valence-electron chi connectivity index (χ3n) is 3.05. The highest BCUT2D eigenvalue weighted by atomic mass is 19.1. The molecule has 0 atom stereocenters. The molecule has 1 amide bonds. The molecule has 5 nitrogen and oxygen atoms in total. The van der Waals surface area contributed by atoms with Gasteiger partial charge in [0.25, 0.3) is 5.91 Å². The highest BCUT2D eigenvalue weighted by Crippen LogP contribution is 2.13. The van der Waals surface area contributed by atoms with Crippen molar-refractivity contribution < 1.29 is 9.18 Å². The zero-order valence-electron chi connectivity index (χ0n) is 12.0. The van der Waals surface area contributed by atoms with E-state index in [0.29, 0.717) is 17.2 Å². The van der Waals surface area contributed by atoms with Gasteiger partial charge in [-0.25, -0.2) is 14.4 Å². The number of hydrogen-bond acceptors (Lipinski definition) is 4. The summed E-state index contributed by atoms with van der Waals surface area (Å²) >= 11 is 0. The summed E-state index contributed by atoms with van der Waals surface area (Å²) in [4.78, 5) is 20.3. The first-order valence-electron chi connectivity index (χ1n) is 6.92. The summed E-state index contributed by atoms with van der Waals surface area (Å²) in [6.07, 6.45) is 2.86. The van der Waals surface area contributed by atoms with E-state index in [2.05, 4.69) is 20.6 Å². The van der Waals surface area contributed by atoms with Crippen LogP contribution in [-0.2, 0) is 0 Å². The summed E-state index contributed by atoms with van der Waals surface area (Å²) in [6, 6.07) is 15.0. The number of hydrogen-bond donors (Lipinski definition) is 2. The fraction of sp³-hybridized carbons (Fsp3) is 0. The number of para-hydroxylation sites is 1. The molecule has 2 N–H and O–H groups in total. The van der Waals surface area contributed by atoms with Crippen LogP contribution in [0.4, 0.5) is 21.7 Å². The highest BCUT2D eigenvalue weighted by molar-refractivity contribution is 6.03. The average Bonchev–Trinajstić information content (AvgIpc) is 2.58. The van der Waals surface area contributed by atoms with Crippen molar-refractivity contribution in [2.24, 2.45) is 0 Å². The smallest absolute Gasteiger partial charge is 0.258 e. The average molecular weight is 308 g/mol. The number of rotatable bonds is 4. The number of halogens is 1. The lowest BCUT2D eigenvalue weighted by atomic mass is 10.2. The van der Waals surface area contributed by atoms with Gasteiger partial charge in [0.05, 0.1) is 5.56 Å². The Morgan fingerprint density at radius 3 is 2.17 bits per heavy atom. The van der Waals surface area contributed by atoms with Gasteiger partial charge in [0.2, 0.25) is 5.95 Å². The number of nitrogens with zero attached hydrogens (tertiary/aromatic N) is 2. The van der Waals surface area contributed by atoms with Crippen molar-refractivity contribution in [2.45, 2.75) is 0 Å². The molecule has 0 unspecified atom stereocenters. The monoisotopic (exact) mass is 308 g/mol. The van der Waals surface area contributed by atoms with Gasteiger partial charge in [-0.3, -0.25) is 4.79 Å². The SMILES string of the molecule is O=C(Nc1ccc(F)cc1)c1cnc(Nc2ccccc2)nc1. The normalized spacial score (nSPS) is 10.1. The molecule has 3 rings (SSSR count). The van der Waals surface area contributed by atoms with Gasteiger partial charge in [-0.2, -0.15) is 0 Å². The molecule has 114 valence electrons. The van der Waals surface area contributed by atoms with E-state index >= 15 is 0 Å². The zero-order valence-corrected chi connectivity index (χ0v) is 12.0. The maximum absolute atomic E-state index is 12.8. The zero-order chi connectivity index (χ0) is 16.1. The van der Waals surface area contributed by atoms with Gasteiger partial charge in [0, 0.05) is 23.8 Å². The minimum Gasteiger partial charge on any atom is -0.324 e. The largest absolute Gasteiger partial charge is 0.324 e. The first-order chi connectivity index (χ1) is 11.2. The molecule has 3 aromatic rings. The summed E-state index contributed by atoms with van der Waals surface area (Å²) in [5.41, 5.74) is 1.67. The fourth-order valence-electron chi connectivity index (χ4n) is 1.90. The number of aromatic nitrogens is 2. The predicted molar refractivity (Wildman–Crippen MR) is 86.1 cm³/mol. The quantitative estimate of drug-likeness (QED) is 0.772. The molecule has 0 spiro atoms. The van der Waals surface area contributed by atoms with Crippen LogP contribution in [0.2, 0.25) is 0 Å². The van der Waals surface area contributed by atoms with Crippen molar-refractivity contribution in [1.29, 1.82) is 0 Å². The second-order valence-electron chi connectivity index (χ2n) is 4.75. The number of amides is 1. The highest BCUT2D eigenvalue weighted by Gasteiger charge is 2.08. The summed E-state index contributed by atoms with van der Waals surface area (Å²) < 4.78 is 12.8. The van der Waals surface area contributed by atoms with Crippen LogP contribution in [0.25, 0.3) is 0 Å². The number of carbonyl (C=O) groups is 1. The van der Waals surface area contributed by atoms with Crippen LogP contribution in [0.1, 0.15) is 10.4 Å². The minimum absolute atomic E-state index is 0.313. The third-order valence-corrected chi connectivity index (χ3v) is 3.05. The Labute approximate surface area is 132 Å². The molecule has 2 aromatic carbocycles. The maximum Gasteiger partial charge on any atom is 0.258 e. The molecule has 1 aromatic heterocycles. The van der Waals surface area contributed by atoms with Gasteiger partial charge in [-0.15, -0.1) is 0 Å². The number of anilines is 3. The molecule has 0 saturated heterocycles. The Morgan fingerprint density at radius 1 is 0.870 bits per heavy atom. The molecule has 0 saturated carbocycles. The standard InChI is InChI=1S/C17H13FN4O/c18-13-6-8-15(9-7-13)21-16(23)12-10-19-17(20-11-12)22-14-4-2-1-3-5-14/h1-11H,(H,21,23)(H,19,20,22). The summed E-state index contributed by atoms with van der Waals surface area (Å²) in [5.74, 6) is -0.319. The molecule has 0 bridgehead atoms. The van der Waals surface area contributed by atoms with E-state index in [1.165, 1.54) is 36.7 Å². The molecule has 0 fully saturated rings. The van der Waals surface area contributed by atoms with Gasteiger partial charge < -0.3 is 10.6 Å². The summed E-state index contributed by atoms with van der Waals surface area (Å²) in [7, 11) is 0. The Kier molecular flexibility index (Phi) is 4.24. The molecule has 23 heavy (non-hydrogen) atoms. The lowest BCUT2D eigenvalue weighted by molar-refractivity contribution is 0.102. The van der Waals surface area contributed by atoms with Gasteiger partial charge in [-0.1, -0.05) is 18.2 Å². The Bertz CT molecular complexity index is 789. The summed E-state index contributed by atoms with van der Waals surface area (Å²) in [6.45, 7) is 0. The lowest BCUT2D eigenvalue weighted by Gasteiger charge is -2.06. The van der Waals surface area contributed by atoms with Crippen molar-refractivity contribution >= 4 is 23.2 Å². The van der Waals surface area contributed by atoms with E-state index in [1.807, 2.05) is 30.3 Å². The van der Waals surface area contributed by atoms with Crippen LogP contribution in [-0.4, -0.2) is 15.9 Å². The van der Waals surface area contributed by atoms with Crippen molar-refractivity contribution in [1.82, 2.24) is 9.97 Å². The number of carbonyl (C=O) groups excluding carboxylic acids is 1. The fourth-order valence-corrected chi connectivity index (χ4v) is 1.90. The van der Waals surface area contributed by atoms with Crippen LogP contribution in [0.5, 0.6) is 0 Å². The Balaban J connectivity index is 1.66. The van der Waals surface area contributed by atoms with Crippen LogP contribution in [0.15, 0.2) is 67.0 Å². The van der Waals surface area contributed by atoms with E-state index < -0.39 is 0 Å². The van der Waals surface area contributed by atoms with Crippen molar-refractivity contribution in [3.05, 3.63) is 78.4 Å². The Morgan fingerprint density at radius 2 is 1.52 bits per heavy atom. The van der Waals surface area contributed by atoms with E-state index in [1.54, 1.807) is 0 Å². The van der Waals surface area contributed by atoms with Crippen LogP contribution >= 0.6 is 0 Å². The van der Waals surface area contributed by atoms with Crippen molar-refractivity contribution in [3.8, 4) is 0 Å². The van der Waals surface area contributed by atoms with Gasteiger partial charge in [-0.05, 0) is 36.4 Å². The summed E-state index contributed by atoms with van der Waals surface area (Å²) in [5, 5.41) is 5.68. The number of nitrogens with one attached hydrogen (secondary N) is 2. The van der Waals surface area contributed by atoms with Crippen LogP contribution in [0, 0.1) is 5.82 Å². The minimum atomic E-state index is -0.359. The van der Waals surface area contributed by atoms with Crippen LogP contribution in [0.3, 0.4) is 0 Å². The van der Waals surface area contributed by atoms with Gasteiger partial charge >= 0.3 is 0 Å². The van der Waals surface area contributed by atoms with E-state index in [4.69, 9.17) is 0 Å². The van der Waals surface area contributed by atoms with Gasteiger partial charge in [0.1, 0.15) is 5.82 Å². The molecular formula is C17H13FN4O. The van der Waals surface area contributed by atoms with E-state index in [-0.39, 0.29) is 11.7 Å². The third kappa shape index (κ3) is 3.88. The second kappa shape index (κ2) is 6.65. The van der Waals surface area contributed by atoms with Crippen molar-refractivity contribution in [3.63, 3.8) is 0 Å². The predicted octanol–water partition coefficient (Wildman–Crippen LogP) is 3.61. The molecule has 0 radical (unpaired) electrons. The lowest BCUT2D eigenvalue weighted by Crippen LogP contribution is -2.13. The number of benzene rings is 2. The molecular weight excluding hydrogens is 295 g/mol. The Hall–Kier alpha value is -3.28. The first kappa shape index (κ1) is 14.6. The molecule has 0 aliphatic heterocycles. The maximum atomic E-state index is 12.8. The topological polar surface area (TPSA) is 66.9 Å². The molecule has 0 aliphatic rings. The van der Waals surface area contributed by atoms with Crippen LogP contribution < -0.4 is 10.6 Å². The molecule has 1 heterocycles. The second-order valence-corrected chi connectivity index (χ2v) is 4.75. The van der Waals surface area contributed by atoms with E-state index in [0.717, 1.165) is 5.69 Å². The first-order valence-corrected chi connectivity index (χ1v) is 6.92. The molecule has 0 aliphatic carbocycles. The van der Waals surface area contributed by atoms with E-state index in [9.17, 15) is 9.18 Å². The molecule has 6 heteroatoms. The van der Waals surface area contributed by atoms with Gasteiger partial charge in [0.15, 0.2) is 0 Å².